The molecule has 3 heteroatoms. The van der Waals surface area contributed by atoms with Gasteiger partial charge in [-0.1, -0.05) is 18.2 Å². The van der Waals surface area contributed by atoms with Gasteiger partial charge in [0.25, 0.3) is 0 Å². The monoisotopic (exact) mass is 320 g/mol. The smallest absolute Gasteiger partial charge is 0.135 e. The molecule has 0 spiro atoms. The van der Waals surface area contributed by atoms with Gasteiger partial charge in [-0.3, -0.25) is 4.90 Å². The summed E-state index contributed by atoms with van der Waals surface area (Å²) in [4.78, 5) is 5.28. The van der Waals surface area contributed by atoms with Gasteiger partial charge in [0.15, 0.2) is 0 Å². The molecule has 1 atom stereocenters. The molecule has 1 aromatic heterocycles. The number of fused-ring (bicyclic) bond motifs is 6. The number of hydrogen-bond donors (Lipinski definition) is 0. The number of aryl methyl sites for hydroxylation is 1. The average Bonchev–Trinajstić information content (AvgIpc) is 2.92. The molecule has 4 heterocycles. The molecule has 24 heavy (non-hydrogen) atoms. The number of rotatable bonds is 1. The van der Waals surface area contributed by atoms with Crippen molar-refractivity contribution in [3.63, 3.8) is 0 Å². The van der Waals surface area contributed by atoms with Crippen LogP contribution in [-0.2, 0) is 0 Å². The molecule has 2 aromatic carbocycles. The maximum atomic E-state index is 6.06. The molecule has 3 saturated heterocycles. The molecular formula is C21H24N2O. The van der Waals surface area contributed by atoms with Crippen molar-refractivity contribution in [2.75, 3.05) is 18.0 Å². The number of hydrogen-bond acceptors (Lipinski definition) is 3. The molecule has 3 aliphatic rings. The molecule has 3 aliphatic heterocycles. The molecule has 0 saturated carbocycles. The van der Waals surface area contributed by atoms with Crippen LogP contribution >= 0.6 is 0 Å². The van der Waals surface area contributed by atoms with Gasteiger partial charge in [0, 0.05) is 35.1 Å². The predicted molar refractivity (Wildman–Crippen MR) is 99.6 cm³/mol. The highest BCUT2D eigenvalue weighted by molar-refractivity contribution is 6.06. The fraction of sp³-hybridized carbons (Fsp3) is 0.429. The van der Waals surface area contributed by atoms with Gasteiger partial charge >= 0.3 is 0 Å². The predicted octanol–water partition coefficient (Wildman–Crippen LogP) is 4.91. The van der Waals surface area contributed by atoms with Crippen molar-refractivity contribution in [3.8, 4) is 0 Å². The minimum atomic E-state index is 0.270. The van der Waals surface area contributed by atoms with E-state index in [1.54, 1.807) is 0 Å². The lowest BCUT2D eigenvalue weighted by molar-refractivity contribution is 0.0486. The van der Waals surface area contributed by atoms with Gasteiger partial charge in [0.2, 0.25) is 0 Å². The van der Waals surface area contributed by atoms with Crippen LogP contribution in [0, 0.1) is 6.92 Å². The van der Waals surface area contributed by atoms with Gasteiger partial charge in [0.05, 0.1) is 6.17 Å². The zero-order valence-electron chi connectivity index (χ0n) is 14.7. The van der Waals surface area contributed by atoms with E-state index in [0.29, 0.717) is 6.17 Å². The van der Waals surface area contributed by atoms with E-state index in [9.17, 15) is 0 Å². The molecule has 2 bridgehead atoms. The maximum absolute atomic E-state index is 6.06. The number of benzene rings is 2. The van der Waals surface area contributed by atoms with E-state index in [1.807, 2.05) is 6.07 Å². The molecular weight excluding hydrogens is 296 g/mol. The molecule has 3 nitrogen and oxygen atoms in total. The molecule has 0 N–H and O–H groups in total. The average molecular weight is 320 g/mol. The van der Waals surface area contributed by atoms with Crippen LogP contribution in [0.5, 0.6) is 0 Å². The molecule has 6 rings (SSSR count). The molecule has 124 valence electrons. The van der Waals surface area contributed by atoms with Crippen LogP contribution in [-0.4, -0.2) is 29.7 Å². The Bertz CT molecular complexity index is 934. The molecule has 3 aromatic rings. The fourth-order valence-electron chi connectivity index (χ4n) is 4.85. The molecule has 0 unspecified atom stereocenters. The Labute approximate surface area is 142 Å². The van der Waals surface area contributed by atoms with Crippen molar-refractivity contribution in [2.24, 2.45) is 0 Å². The highest BCUT2D eigenvalue weighted by Gasteiger charge is 2.46. The van der Waals surface area contributed by atoms with Crippen LogP contribution in [0.3, 0.4) is 0 Å². The van der Waals surface area contributed by atoms with Gasteiger partial charge < -0.3 is 9.32 Å². The van der Waals surface area contributed by atoms with E-state index >= 15 is 0 Å². The van der Waals surface area contributed by atoms with E-state index in [2.05, 4.69) is 60.9 Å². The van der Waals surface area contributed by atoms with E-state index in [-0.39, 0.29) is 5.54 Å². The highest BCUT2D eigenvalue weighted by Crippen LogP contribution is 2.44. The summed E-state index contributed by atoms with van der Waals surface area (Å²) in [6, 6.07) is 12.9. The number of piperidine rings is 1. The molecule has 3 fully saturated rings. The fourth-order valence-corrected chi connectivity index (χ4v) is 4.85. The first kappa shape index (κ1) is 14.4. The summed E-state index contributed by atoms with van der Waals surface area (Å²) in [6.45, 7) is 9.47. The van der Waals surface area contributed by atoms with Crippen molar-refractivity contribution in [1.29, 1.82) is 0 Å². The van der Waals surface area contributed by atoms with Crippen LogP contribution < -0.4 is 4.90 Å². The summed E-state index contributed by atoms with van der Waals surface area (Å²) in [7, 11) is 0. The largest absolute Gasteiger partial charge is 0.456 e. The highest BCUT2D eigenvalue weighted by atomic mass is 16.3. The minimum Gasteiger partial charge on any atom is -0.456 e. The quantitative estimate of drug-likeness (QED) is 0.635. The Morgan fingerprint density at radius 3 is 2.54 bits per heavy atom. The van der Waals surface area contributed by atoms with E-state index in [1.165, 1.54) is 48.0 Å². The lowest BCUT2D eigenvalue weighted by Crippen LogP contribution is -2.68. The van der Waals surface area contributed by atoms with Crippen molar-refractivity contribution in [1.82, 2.24) is 4.90 Å². The topological polar surface area (TPSA) is 19.6 Å². The zero-order chi connectivity index (χ0) is 16.5. The zero-order valence-corrected chi connectivity index (χ0v) is 14.7. The van der Waals surface area contributed by atoms with Crippen LogP contribution in [0.4, 0.5) is 5.69 Å². The lowest BCUT2D eigenvalue weighted by Gasteiger charge is -2.60. The SMILES string of the molecule is Cc1cc2oc3ccccc3c2cc1N1[C@@H](C)N2CCC1(C)CC2. The summed E-state index contributed by atoms with van der Waals surface area (Å²) >= 11 is 0. The van der Waals surface area contributed by atoms with Gasteiger partial charge in [0.1, 0.15) is 11.2 Å². The first-order valence-electron chi connectivity index (χ1n) is 9.02. The van der Waals surface area contributed by atoms with Crippen LogP contribution in [0.15, 0.2) is 40.8 Å². The summed E-state index contributed by atoms with van der Waals surface area (Å²) < 4.78 is 6.06. The normalized spacial score (nSPS) is 29.7. The Hall–Kier alpha value is -2.00. The summed E-state index contributed by atoms with van der Waals surface area (Å²) in [5.41, 5.74) is 4.92. The lowest BCUT2D eigenvalue weighted by atomic mass is 9.82. The summed E-state index contributed by atoms with van der Waals surface area (Å²) in [5, 5.41) is 2.45. The number of anilines is 1. The van der Waals surface area contributed by atoms with Crippen LogP contribution in [0.2, 0.25) is 0 Å². The first-order chi connectivity index (χ1) is 11.6. The number of nitrogens with zero attached hydrogens (tertiary/aromatic N) is 2. The standard InChI is InChI=1S/C21H24N2O/c1-14-12-20-17(16-6-4-5-7-19(16)24-20)13-18(14)23-15(2)22-10-8-21(23,3)9-11-22/h4-7,12-13,15H,8-11H2,1-3H3/t15-/m0/s1. The maximum Gasteiger partial charge on any atom is 0.135 e. The minimum absolute atomic E-state index is 0.270. The van der Waals surface area contributed by atoms with E-state index < -0.39 is 0 Å². The van der Waals surface area contributed by atoms with Crippen LogP contribution in [0.25, 0.3) is 21.9 Å². The Morgan fingerprint density at radius 2 is 1.79 bits per heavy atom. The summed E-state index contributed by atoms with van der Waals surface area (Å²) in [5.74, 6) is 0. The van der Waals surface area contributed by atoms with Crippen molar-refractivity contribution in [3.05, 3.63) is 42.0 Å². The second-order valence-corrected chi connectivity index (χ2v) is 7.77. The third-order valence-corrected chi connectivity index (χ3v) is 6.31. The summed E-state index contributed by atoms with van der Waals surface area (Å²) in [6.07, 6.45) is 2.97. The first-order valence-corrected chi connectivity index (χ1v) is 9.02. The third kappa shape index (κ3) is 1.82. The van der Waals surface area contributed by atoms with E-state index in [4.69, 9.17) is 4.42 Å². The number of para-hydroxylation sites is 1. The second kappa shape index (κ2) is 4.76. The Morgan fingerprint density at radius 1 is 1.04 bits per heavy atom. The van der Waals surface area contributed by atoms with Gasteiger partial charge in [-0.15, -0.1) is 0 Å². The Balaban J connectivity index is 1.74. The second-order valence-electron chi connectivity index (χ2n) is 7.77. The Kier molecular flexibility index (Phi) is 2.85. The van der Waals surface area contributed by atoms with Crippen LogP contribution in [0.1, 0.15) is 32.3 Å². The molecule has 0 amide bonds. The van der Waals surface area contributed by atoms with Gasteiger partial charge in [-0.05, 0) is 57.4 Å². The van der Waals surface area contributed by atoms with Crippen molar-refractivity contribution < 1.29 is 4.42 Å². The van der Waals surface area contributed by atoms with Crippen molar-refractivity contribution >= 4 is 27.6 Å². The number of furan rings is 1. The van der Waals surface area contributed by atoms with E-state index in [0.717, 1.165) is 11.2 Å². The molecule has 0 aliphatic carbocycles. The van der Waals surface area contributed by atoms with Gasteiger partial charge in [-0.2, -0.15) is 0 Å². The third-order valence-electron chi connectivity index (χ3n) is 6.31. The van der Waals surface area contributed by atoms with Gasteiger partial charge in [-0.25, -0.2) is 0 Å². The van der Waals surface area contributed by atoms with Crippen molar-refractivity contribution in [2.45, 2.75) is 45.3 Å². The molecule has 0 radical (unpaired) electrons.